The van der Waals surface area contributed by atoms with Crippen LogP contribution in [0.1, 0.15) is 57.8 Å². The largest absolute Gasteiger partial charge is 0.340 e. The Kier molecular flexibility index (Phi) is 6.50. The maximum atomic E-state index is 12.7. The second-order valence-electron chi connectivity index (χ2n) is 8.62. The molecule has 1 aliphatic heterocycles. The number of hydrogen-bond donors (Lipinski definition) is 0. The van der Waals surface area contributed by atoms with Gasteiger partial charge in [-0.2, -0.15) is 4.98 Å². The van der Waals surface area contributed by atoms with Crippen molar-refractivity contribution < 1.29 is 9.32 Å². The molecule has 1 aromatic heterocycles. The first-order chi connectivity index (χ1) is 13.4. The summed E-state index contributed by atoms with van der Waals surface area (Å²) in [6.07, 6.45) is 1.96. The van der Waals surface area contributed by atoms with E-state index in [0.717, 1.165) is 32.6 Å². The average Bonchev–Trinajstić information content (AvgIpc) is 3.17. The number of nitrogens with zero attached hydrogens (tertiary/aromatic N) is 4. The molecule has 0 N–H and O–H groups in total. The Bertz CT molecular complexity index is 766. The lowest BCUT2D eigenvalue weighted by Gasteiger charge is -2.41. The van der Waals surface area contributed by atoms with E-state index in [2.05, 4.69) is 46.2 Å². The Morgan fingerprint density at radius 1 is 1.21 bits per heavy atom. The number of aromatic nitrogens is 2. The van der Waals surface area contributed by atoms with E-state index in [1.807, 2.05) is 31.7 Å². The van der Waals surface area contributed by atoms with Crippen LogP contribution < -0.4 is 0 Å². The molecule has 1 aromatic carbocycles. The van der Waals surface area contributed by atoms with Crippen LogP contribution in [0.5, 0.6) is 0 Å². The number of piperazine rings is 1. The van der Waals surface area contributed by atoms with E-state index in [9.17, 15) is 4.79 Å². The van der Waals surface area contributed by atoms with Gasteiger partial charge in [0.2, 0.25) is 11.8 Å². The fourth-order valence-corrected chi connectivity index (χ4v) is 3.57. The van der Waals surface area contributed by atoms with Gasteiger partial charge >= 0.3 is 0 Å². The van der Waals surface area contributed by atoms with Crippen LogP contribution in [0.15, 0.2) is 34.9 Å². The average molecular weight is 385 g/mol. The molecule has 152 valence electrons. The molecule has 0 unspecified atom stereocenters. The summed E-state index contributed by atoms with van der Waals surface area (Å²) in [6, 6.07) is 10.9. The summed E-state index contributed by atoms with van der Waals surface area (Å²) in [6.45, 7) is 11.8. The fraction of sp³-hybridized carbons (Fsp3) is 0.591. The standard InChI is InChI=1S/C22H32N4O2/c1-5-18-16-26(14-13-25(18)15-17-9-7-6-8-10-17)20(27)12-11-19-23-21(24-28-19)22(2,3)4/h6-10,18H,5,11-16H2,1-4H3/t18-/m0/s1. The van der Waals surface area contributed by atoms with Crippen LogP contribution in [0.4, 0.5) is 0 Å². The van der Waals surface area contributed by atoms with Gasteiger partial charge in [0.25, 0.3) is 0 Å². The first-order valence-electron chi connectivity index (χ1n) is 10.3. The Hall–Kier alpha value is -2.21. The Morgan fingerprint density at radius 3 is 2.61 bits per heavy atom. The molecule has 1 saturated heterocycles. The highest BCUT2D eigenvalue weighted by molar-refractivity contribution is 5.76. The van der Waals surface area contributed by atoms with Crippen LogP contribution in [-0.2, 0) is 23.2 Å². The van der Waals surface area contributed by atoms with Crippen molar-refractivity contribution in [2.75, 3.05) is 19.6 Å². The predicted octanol–water partition coefficient (Wildman–Crippen LogP) is 3.42. The maximum Gasteiger partial charge on any atom is 0.227 e. The first kappa shape index (κ1) is 20.5. The van der Waals surface area contributed by atoms with Gasteiger partial charge in [-0.15, -0.1) is 0 Å². The van der Waals surface area contributed by atoms with Crippen molar-refractivity contribution >= 4 is 5.91 Å². The highest BCUT2D eigenvalue weighted by atomic mass is 16.5. The number of rotatable bonds is 6. The normalized spacial score (nSPS) is 18.4. The Labute approximate surface area is 167 Å². The van der Waals surface area contributed by atoms with Crippen molar-refractivity contribution in [2.45, 2.75) is 65.0 Å². The predicted molar refractivity (Wildman–Crippen MR) is 109 cm³/mol. The van der Waals surface area contributed by atoms with Gasteiger partial charge in [-0.1, -0.05) is 63.2 Å². The van der Waals surface area contributed by atoms with Crippen LogP contribution in [-0.4, -0.2) is 51.5 Å². The highest BCUT2D eigenvalue weighted by Gasteiger charge is 2.28. The van der Waals surface area contributed by atoms with Crippen molar-refractivity contribution in [3.05, 3.63) is 47.6 Å². The summed E-state index contributed by atoms with van der Waals surface area (Å²) >= 11 is 0. The SMILES string of the molecule is CC[C@H]1CN(C(=O)CCc2nc(C(C)(C)C)no2)CCN1Cc1ccccc1. The summed E-state index contributed by atoms with van der Waals surface area (Å²) in [5.74, 6) is 1.41. The summed E-state index contributed by atoms with van der Waals surface area (Å²) in [7, 11) is 0. The van der Waals surface area contributed by atoms with Crippen LogP contribution in [0.3, 0.4) is 0 Å². The zero-order chi connectivity index (χ0) is 20.1. The van der Waals surface area contributed by atoms with Crippen LogP contribution in [0.2, 0.25) is 0 Å². The third-order valence-corrected chi connectivity index (χ3v) is 5.35. The second kappa shape index (κ2) is 8.86. The van der Waals surface area contributed by atoms with E-state index in [1.165, 1.54) is 5.56 Å². The van der Waals surface area contributed by atoms with Crippen molar-refractivity contribution in [3.8, 4) is 0 Å². The van der Waals surface area contributed by atoms with Gasteiger partial charge in [0.1, 0.15) is 0 Å². The first-order valence-corrected chi connectivity index (χ1v) is 10.3. The monoisotopic (exact) mass is 384 g/mol. The molecule has 1 atom stereocenters. The molecule has 0 aliphatic carbocycles. The zero-order valence-electron chi connectivity index (χ0n) is 17.5. The number of carbonyl (C=O) groups excluding carboxylic acids is 1. The van der Waals surface area contributed by atoms with Crippen molar-refractivity contribution in [1.82, 2.24) is 19.9 Å². The summed E-state index contributed by atoms with van der Waals surface area (Å²) in [4.78, 5) is 21.6. The van der Waals surface area contributed by atoms with Crippen LogP contribution >= 0.6 is 0 Å². The molecule has 1 fully saturated rings. The minimum Gasteiger partial charge on any atom is -0.340 e. The van der Waals surface area contributed by atoms with E-state index in [1.54, 1.807) is 0 Å². The molecular formula is C22H32N4O2. The smallest absolute Gasteiger partial charge is 0.227 e. The van der Waals surface area contributed by atoms with Gasteiger partial charge in [0, 0.05) is 50.5 Å². The van der Waals surface area contributed by atoms with E-state index >= 15 is 0 Å². The van der Waals surface area contributed by atoms with Crippen LogP contribution in [0, 0.1) is 0 Å². The molecule has 0 radical (unpaired) electrons. The number of hydrogen-bond acceptors (Lipinski definition) is 5. The molecule has 6 nitrogen and oxygen atoms in total. The van der Waals surface area contributed by atoms with E-state index < -0.39 is 0 Å². The second-order valence-corrected chi connectivity index (χ2v) is 8.62. The van der Waals surface area contributed by atoms with Crippen molar-refractivity contribution in [1.29, 1.82) is 0 Å². The van der Waals surface area contributed by atoms with E-state index in [0.29, 0.717) is 30.6 Å². The van der Waals surface area contributed by atoms with Gasteiger partial charge in [0.05, 0.1) is 0 Å². The number of benzene rings is 1. The summed E-state index contributed by atoms with van der Waals surface area (Å²) < 4.78 is 5.31. The summed E-state index contributed by atoms with van der Waals surface area (Å²) in [5.41, 5.74) is 1.18. The van der Waals surface area contributed by atoms with Crippen molar-refractivity contribution in [2.24, 2.45) is 0 Å². The van der Waals surface area contributed by atoms with Crippen LogP contribution in [0.25, 0.3) is 0 Å². The van der Waals surface area contributed by atoms with Gasteiger partial charge in [-0.3, -0.25) is 9.69 Å². The lowest BCUT2D eigenvalue weighted by Crippen LogP contribution is -2.54. The lowest BCUT2D eigenvalue weighted by molar-refractivity contribution is -0.134. The van der Waals surface area contributed by atoms with Gasteiger partial charge in [0.15, 0.2) is 5.82 Å². The molecule has 0 bridgehead atoms. The molecule has 1 amide bonds. The number of amides is 1. The summed E-state index contributed by atoms with van der Waals surface area (Å²) in [5, 5.41) is 4.04. The zero-order valence-corrected chi connectivity index (χ0v) is 17.5. The number of carbonyl (C=O) groups is 1. The molecule has 6 heteroatoms. The van der Waals surface area contributed by atoms with Crippen molar-refractivity contribution in [3.63, 3.8) is 0 Å². The van der Waals surface area contributed by atoms with E-state index in [4.69, 9.17) is 4.52 Å². The van der Waals surface area contributed by atoms with Gasteiger partial charge in [-0.05, 0) is 12.0 Å². The Balaban J connectivity index is 1.52. The molecule has 2 heterocycles. The molecule has 28 heavy (non-hydrogen) atoms. The lowest BCUT2D eigenvalue weighted by atomic mass is 9.96. The Morgan fingerprint density at radius 2 is 1.96 bits per heavy atom. The molecule has 3 rings (SSSR count). The minimum atomic E-state index is -0.144. The fourth-order valence-electron chi connectivity index (χ4n) is 3.57. The third-order valence-electron chi connectivity index (χ3n) is 5.35. The van der Waals surface area contributed by atoms with E-state index in [-0.39, 0.29) is 11.3 Å². The quantitative estimate of drug-likeness (QED) is 0.764. The molecule has 2 aromatic rings. The minimum absolute atomic E-state index is 0.144. The molecule has 0 saturated carbocycles. The number of aryl methyl sites for hydroxylation is 1. The van der Waals surface area contributed by atoms with Gasteiger partial charge < -0.3 is 9.42 Å². The maximum absolute atomic E-state index is 12.7. The highest BCUT2D eigenvalue weighted by Crippen LogP contribution is 2.20. The van der Waals surface area contributed by atoms with Gasteiger partial charge in [-0.25, -0.2) is 0 Å². The molecule has 1 aliphatic rings. The molecule has 0 spiro atoms. The molecular weight excluding hydrogens is 352 g/mol. The third kappa shape index (κ3) is 5.19. The topological polar surface area (TPSA) is 62.5 Å².